The predicted octanol–water partition coefficient (Wildman–Crippen LogP) is 1.25. The first-order valence-corrected chi connectivity index (χ1v) is 4.71. The molecule has 0 fully saturated rings. The Kier molecular flexibility index (Phi) is 4.89. The number of hydrogen-bond donors (Lipinski definition) is 0. The lowest BCUT2D eigenvalue weighted by atomic mass is 10.2. The minimum atomic E-state index is -0.0784. The van der Waals surface area contributed by atoms with Gasteiger partial charge in [-0.1, -0.05) is 0 Å². The van der Waals surface area contributed by atoms with Crippen molar-refractivity contribution in [2.45, 2.75) is 32.6 Å². The molecule has 1 atom stereocenters. The largest absolute Gasteiger partial charge is 0.356 e. The van der Waals surface area contributed by atoms with Crippen LogP contribution in [0.2, 0.25) is 0 Å². The fourth-order valence-corrected chi connectivity index (χ4v) is 1.03. The zero-order chi connectivity index (χ0) is 10.6. The van der Waals surface area contributed by atoms with Crippen LogP contribution in [-0.4, -0.2) is 56.4 Å². The van der Waals surface area contributed by atoms with Crippen LogP contribution >= 0.6 is 0 Å². The fourth-order valence-electron chi connectivity index (χ4n) is 1.03. The molecule has 0 heterocycles. The minimum Gasteiger partial charge on any atom is -0.356 e. The number of nitrogens with zero attached hydrogens (tertiary/aromatic N) is 2. The molecule has 3 nitrogen and oxygen atoms in total. The Morgan fingerprint density at radius 3 is 1.77 bits per heavy atom. The number of rotatable bonds is 4. The van der Waals surface area contributed by atoms with Crippen molar-refractivity contribution in [3.05, 3.63) is 0 Å². The lowest BCUT2D eigenvalue weighted by Gasteiger charge is -2.33. The maximum absolute atomic E-state index is 5.89. The van der Waals surface area contributed by atoms with E-state index in [0.717, 1.165) is 6.54 Å². The van der Waals surface area contributed by atoms with Crippen LogP contribution < -0.4 is 0 Å². The molecule has 0 saturated carbocycles. The van der Waals surface area contributed by atoms with Crippen molar-refractivity contribution in [2.75, 3.05) is 34.7 Å². The van der Waals surface area contributed by atoms with E-state index in [0.29, 0.717) is 0 Å². The Morgan fingerprint density at radius 1 is 1.08 bits per heavy atom. The fraction of sp³-hybridized carbons (Fsp3) is 1.00. The molecule has 1 unspecified atom stereocenters. The molecule has 0 aromatic carbocycles. The third kappa shape index (κ3) is 6.99. The van der Waals surface area contributed by atoms with Gasteiger partial charge >= 0.3 is 0 Å². The van der Waals surface area contributed by atoms with Gasteiger partial charge in [-0.2, -0.15) is 0 Å². The SMILES string of the molecule is CN(C)CC(OC(C)(C)C)N(C)C. The quantitative estimate of drug-likeness (QED) is 0.618. The molecule has 3 heteroatoms. The molecule has 0 radical (unpaired) electrons. The smallest absolute Gasteiger partial charge is 0.123 e. The summed E-state index contributed by atoms with van der Waals surface area (Å²) in [7, 11) is 8.20. The van der Waals surface area contributed by atoms with Gasteiger partial charge in [-0.05, 0) is 49.0 Å². The summed E-state index contributed by atoms with van der Waals surface area (Å²) in [6.07, 6.45) is 0.162. The molecule has 0 saturated heterocycles. The van der Waals surface area contributed by atoms with Gasteiger partial charge in [0.1, 0.15) is 6.23 Å². The topological polar surface area (TPSA) is 15.7 Å². The molecular formula is C10H24N2O. The Bertz CT molecular complexity index is 138. The maximum atomic E-state index is 5.89. The highest BCUT2D eigenvalue weighted by molar-refractivity contribution is 4.66. The summed E-state index contributed by atoms with van der Waals surface area (Å²) in [5.74, 6) is 0. The molecule has 0 aromatic rings. The zero-order valence-corrected chi connectivity index (χ0v) is 10.1. The highest BCUT2D eigenvalue weighted by Crippen LogP contribution is 2.12. The molecular weight excluding hydrogens is 164 g/mol. The van der Waals surface area contributed by atoms with Crippen molar-refractivity contribution in [3.63, 3.8) is 0 Å². The van der Waals surface area contributed by atoms with Crippen molar-refractivity contribution in [2.24, 2.45) is 0 Å². The molecule has 0 aliphatic rings. The van der Waals surface area contributed by atoms with Crippen LogP contribution in [0, 0.1) is 0 Å². The highest BCUT2D eigenvalue weighted by Gasteiger charge is 2.20. The van der Waals surface area contributed by atoms with Crippen LogP contribution in [0.4, 0.5) is 0 Å². The second kappa shape index (κ2) is 4.94. The third-order valence-corrected chi connectivity index (χ3v) is 1.59. The average molecular weight is 188 g/mol. The van der Waals surface area contributed by atoms with Gasteiger partial charge in [0.2, 0.25) is 0 Å². The normalized spacial score (nSPS) is 15.5. The van der Waals surface area contributed by atoms with E-state index in [1.165, 1.54) is 0 Å². The summed E-state index contributed by atoms with van der Waals surface area (Å²) < 4.78 is 5.89. The Morgan fingerprint density at radius 2 is 1.54 bits per heavy atom. The first-order chi connectivity index (χ1) is 5.72. The van der Waals surface area contributed by atoms with E-state index in [2.05, 4.69) is 44.7 Å². The molecule has 0 aromatic heterocycles. The lowest BCUT2D eigenvalue weighted by Crippen LogP contribution is -2.43. The summed E-state index contributed by atoms with van der Waals surface area (Å²) >= 11 is 0. The van der Waals surface area contributed by atoms with Crippen LogP contribution in [0.3, 0.4) is 0 Å². The lowest BCUT2D eigenvalue weighted by molar-refractivity contribution is -0.125. The van der Waals surface area contributed by atoms with Crippen LogP contribution in [-0.2, 0) is 4.74 Å². The van der Waals surface area contributed by atoms with Gasteiger partial charge in [0.05, 0.1) is 5.60 Å². The van der Waals surface area contributed by atoms with Crippen LogP contribution in [0.1, 0.15) is 20.8 Å². The standard InChI is InChI=1S/C10H24N2O/c1-10(2,3)13-9(12(6)7)8-11(4)5/h9H,8H2,1-7H3. The second-order valence-corrected chi connectivity index (χ2v) is 4.91. The zero-order valence-electron chi connectivity index (χ0n) is 10.1. The molecule has 0 rings (SSSR count). The molecule has 0 amide bonds. The van der Waals surface area contributed by atoms with E-state index in [9.17, 15) is 0 Å². The van der Waals surface area contributed by atoms with Crippen molar-refractivity contribution >= 4 is 0 Å². The molecule has 0 spiro atoms. The number of ether oxygens (including phenoxy) is 1. The summed E-state index contributed by atoms with van der Waals surface area (Å²) in [6, 6.07) is 0. The van der Waals surface area contributed by atoms with Crippen molar-refractivity contribution < 1.29 is 4.74 Å². The Labute approximate surface area is 82.7 Å². The highest BCUT2D eigenvalue weighted by atomic mass is 16.5. The summed E-state index contributed by atoms with van der Waals surface area (Å²) in [6.45, 7) is 7.17. The van der Waals surface area contributed by atoms with E-state index in [1.807, 2.05) is 14.1 Å². The maximum Gasteiger partial charge on any atom is 0.123 e. The van der Waals surface area contributed by atoms with Crippen molar-refractivity contribution in [1.82, 2.24) is 9.80 Å². The van der Waals surface area contributed by atoms with Gasteiger partial charge in [-0.3, -0.25) is 4.90 Å². The summed E-state index contributed by atoms with van der Waals surface area (Å²) in [5.41, 5.74) is -0.0784. The average Bonchev–Trinajstić information content (AvgIpc) is 1.81. The molecule has 0 N–H and O–H groups in total. The third-order valence-electron chi connectivity index (χ3n) is 1.59. The summed E-state index contributed by atoms with van der Waals surface area (Å²) in [4.78, 5) is 4.24. The van der Waals surface area contributed by atoms with Gasteiger partial charge in [-0.25, -0.2) is 0 Å². The van der Waals surface area contributed by atoms with Crippen LogP contribution in [0.25, 0.3) is 0 Å². The molecule has 0 aliphatic carbocycles. The van der Waals surface area contributed by atoms with E-state index in [1.54, 1.807) is 0 Å². The molecule has 13 heavy (non-hydrogen) atoms. The number of hydrogen-bond acceptors (Lipinski definition) is 3. The first-order valence-electron chi connectivity index (χ1n) is 4.71. The van der Waals surface area contributed by atoms with Crippen molar-refractivity contribution in [3.8, 4) is 0 Å². The molecule has 80 valence electrons. The van der Waals surface area contributed by atoms with Crippen LogP contribution in [0.15, 0.2) is 0 Å². The molecule has 0 aliphatic heterocycles. The predicted molar refractivity (Wildman–Crippen MR) is 56.9 cm³/mol. The Balaban J connectivity index is 4.11. The van der Waals surface area contributed by atoms with Crippen LogP contribution in [0.5, 0.6) is 0 Å². The van der Waals surface area contributed by atoms with Gasteiger partial charge in [-0.15, -0.1) is 0 Å². The number of likely N-dealkylation sites (N-methyl/N-ethyl adjacent to an activating group) is 2. The van der Waals surface area contributed by atoms with Crippen molar-refractivity contribution in [1.29, 1.82) is 0 Å². The van der Waals surface area contributed by atoms with E-state index in [-0.39, 0.29) is 11.8 Å². The van der Waals surface area contributed by atoms with E-state index >= 15 is 0 Å². The van der Waals surface area contributed by atoms with E-state index < -0.39 is 0 Å². The first kappa shape index (κ1) is 12.9. The second-order valence-electron chi connectivity index (χ2n) is 4.91. The summed E-state index contributed by atoms with van der Waals surface area (Å²) in [5, 5.41) is 0. The van der Waals surface area contributed by atoms with Gasteiger partial charge in [0.25, 0.3) is 0 Å². The van der Waals surface area contributed by atoms with Gasteiger partial charge < -0.3 is 9.64 Å². The van der Waals surface area contributed by atoms with Gasteiger partial charge in [0.15, 0.2) is 0 Å². The van der Waals surface area contributed by atoms with Gasteiger partial charge in [0, 0.05) is 6.54 Å². The molecule has 0 bridgehead atoms. The minimum absolute atomic E-state index is 0.0784. The monoisotopic (exact) mass is 188 g/mol. The Hall–Kier alpha value is -0.120. The van der Waals surface area contributed by atoms with E-state index in [4.69, 9.17) is 4.74 Å².